The van der Waals surface area contributed by atoms with E-state index in [0.29, 0.717) is 17.7 Å². The molecule has 0 aromatic heterocycles. The first-order valence-corrected chi connectivity index (χ1v) is 13.8. The Morgan fingerprint density at radius 3 is 2.30 bits per heavy atom. The van der Waals surface area contributed by atoms with Gasteiger partial charge in [0, 0.05) is 44.0 Å². The normalized spacial score (nSPS) is 12.0. The predicted octanol–water partition coefficient (Wildman–Crippen LogP) is 4.59. The molecule has 0 aliphatic rings. The van der Waals surface area contributed by atoms with Gasteiger partial charge < -0.3 is 30.3 Å². The van der Waals surface area contributed by atoms with Crippen LogP contribution in [-0.4, -0.2) is 65.5 Å². The minimum absolute atomic E-state index is 0.0437. The number of ether oxygens (including phenoxy) is 1. The van der Waals surface area contributed by atoms with Crippen LogP contribution in [0.2, 0.25) is 0 Å². The molecule has 0 fully saturated rings. The summed E-state index contributed by atoms with van der Waals surface area (Å²) < 4.78 is 5.77. The number of aryl methyl sites for hydroxylation is 1. The summed E-state index contributed by atoms with van der Waals surface area (Å²) in [5, 5.41) is 32.4. The Bertz CT molecular complexity index is 899. The zero-order valence-corrected chi connectivity index (χ0v) is 22.6. The second-order valence-corrected chi connectivity index (χ2v) is 9.42. The van der Waals surface area contributed by atoms with E-state index < -0.39 is 6.10 Å². The van der Waals surface area contributed by atoms with Crippen LogP contribution in [0.5, 0.6) is 5.75 Å². The van der Waals surface area contributed by atoms with Gasteiger partial charge in [-0.1, -0.05) is 31.0 Å². The molecule has 37 heavy (non-hydrogen) atoms. The lowest BCUT2D eigenvalue weighted by Gasteiger charge is -2.18. The Morgan fingerprint density at radius 2 is 1.62 bits per heavy atom. The molecule has 0 heterocycles. The van der Waals surface area contributed by atoms with Crippen LogP contribution in [0, 0.1) is 0 Å². The first-order chi connectivity index (χ1) is 18.0. The number of unbranched alkanes of at least 4 members (excludes halogenated alkanes) is 4. The molecular weight excluding hydrogens is 468 g/mol. The molecule has 0 spiro atoms. The number of nitrogens with one attached hydrogen (secondary N) is 1. The summed E-state index contributed by atoms with van der Waals surface area (Å²) in [5.41, 5.74) is 3.13. The summed E-state index contributed by atoms with van der Waals surface area (Å²) in [7, 11) is 0. The lowest BCUT2D eigenvalue weighted by molar-refractivity contribution is 0.0773. The number of aromatic hydroxyl groups is 1. The largest absolute Gasteiger partial charge is 0.508 e. The maximum atomic E-state index is 12.4. The first-order valence-electron chi connectivity index (χ1n) is 13.8. The smallest absolute Gasteiger partial charge is 0.253 e. The fourth-order valence-electron chi connectivity index (χ4n) is 4.25. The van der Waals surface area contributed by atoms with Crippen molar-refractivity contribution >= 4 is 5.91 Å². The van der Waals surface area contributed by atoms with Gasteiger partial charge in [-0.25, -0.2) is 0 Å². The number of hydrogen-bond acceptors (Lipinski definition) is 6. The Morgan fingerprint density at radius 1 is 0.946 bits per heavy atom. The van der Waals surface area contributed by atoms with Gasteiger partial charge in [0.1, 0.15) is 5.75 Å². The van der Waals surface area contributed by atoms with Crippen LogP contribution in [0.1, 0.15) is 85.5 Å². The van der Waals surface area contributed by atoms with Crippen LogP contribution in [0.3, 0.4) is 0 Å². The summed E-state index contributed by atoms with van der Waals surface area (Å²) in [5.74, 6) is 0.144. The molecule has 2 aromatic carbocycles. The van der Waals surface area contributed by atoms with Crippen molar-refractivity contribution < 1.29 is 24.9 Å². The van der Waals surface area contributed by atoms with Crippen LogP contribution in [0.4, 0.5) is 0 Å². The topological polar surface area (TPSA) is 102 Å². The molecule has 4 N–H and O–H groups in total. The molecule has 206 valence electrons. The van der Waals surface area contributed by atoms with E-state index in [1.165, 1.54) is 11.6 Å². The number of benzene rings is 2. The highest BCUT2D eigenvalue weighted by Gasteiger charge is 2.12. The van der Waals surface area contributed by atoms with Crippen molar-refractivity contribution in [3.8, 4) is 5.75 Å². The number of aliphatic hydroxyl groups is 2. The molecular formula is C30H46N2O5. The summed E-state index contributed by atoms with van der Waals surface area (Å²) >= 11 is 0. The summed E-state index contributed by atoms with van der Waals surface area (Å²) in [6.45, 7) is 8.08. The highest BCUT2D eigenvalue weighted by molar-refractivity contribution is 5.94. The van der Waals surface area contributed by atoms with Crippen molar-refractivity contribution in [2.75, 3.05) is 39.4 Å². The number of aliphatic hydroxyl groups excluding tert-OH is 2. The zero-order chi connectivity index (χ0) is 26.9. The monoisotopic (exact) mass is 514 g/mol. The van der Waals surface area contributed by atoms with Crippen LogP contribution >= 0.6 is 0 Å². The van der Waals surface area contributed by atoms with Crippen molar-refractivity contribution in [2.24, 2.45) is 0 Å². The van der Waals surface area contributed by atoms with Gasteiger partial charge in [-0.2, -0.15) is 0 Å². The van der Waals surface area contributed by atoms with E-state index >= 15 is 0 Å². The molecule has 0 bridgehead atoms. The second kappa shape index (κ2) is 17.9. The van der Waals surface area contributed by atoms with Gasteiger partial charge in [0.05, 0.1) is 12.7 Å². The lowest BCUT2D eigenvalue weighted by Crippen LogP contribution is -2.30. The molecule has 0 saturated carbocycles. The van der Waals surface area contributed by atoms with Crippen molar-refractivity contribution in [2.45, 2.75) is 71.5 Å². The minimum atomic E-state index is -0.666. The molecule has 1 unspecified atom stereocenters. The average molecular weight is 515 g/mol. The van der Waals surface area contributed by atoms with E-state index in [-0.39, 0.29) is 18.3 Å². The van der Waals surface area contributed by atoms with Crippen LogP contribution < -0.4 is 5.32 Å². The molecule has 2 aromatic rings. The Kier molecular flexibility index (Phi) is 14.9. The van der Waals surface area contributed by atoms with E-state index in [0.717, 1.165) is 83.4 Å². The van der Waals surface area contributed by atoms with E-state index in [9.17, 15) is 20.1 Å². The average Bonchev–Trinajstić information content (AvgIpc) is 2.92. The molecule has 7 heteroatoms. The summed E-state index contributed by atoms with van der Waals surface area (Å²) in [6.07, 6.45) is 6.79. The number of hydrogen-bond donors (Lipinski definition) is 4. The number of rotatable bonds is 19. The van der Waals surface area contributed by atoms with E-state index in [1.807, 2.05) is 30.9 Å². The third-order valence-corrected chi connectivity index (χ3v) is 6.64. The van der Waals surface area contributed by atoms with Gasteiger partial charge in [0.25, 0.3) is 5.91 Å². The Balaban J connectivity index is 1.43. The van der Waals surface area contributed by atoms with Crippen molar-refractivity contribution in [3.63, 3.8) is 0 Å². The number of carbonyl (C=O) groups is 1. The zero-order valence-electron chi connectivity index (χ0n) is 22.6. The van der Waals surface area contributed by atoms with Gasteiger partial charge in [-0.05, 0) is 87.9 Å². The maximum Gasteiger partial charge on any atom is 0.253 e. The van der Waals surface area contributed by atoms with Gasteiger partial charge in [-0.3, -0.25) is 4.79 Å². The maximum absolute atomic E-state index is 12.4. The summed E-state index contributed by atoms with van der Waals surface area (Å²) in [6, 6.07) is 12.8. The van der Waals surface area contributed by atoms with Crippen molar-refractivity contribution in [3.05, 3.63) is 64.7 Å². The van der Waals surface area contributed by atoms with Crippen LogP contribution in [-0.2, 0) is 17.8 Å². The highest BCUT2D eigenvalue weighted by atomic mass is 16.5. The molecule has 0 radical (unpaired) electrons. The number of nitrogens with zero attached hydrogens (tertiary/aromatic N) is 1. The van der Waals surface area contributed by atoms with Gasteiger partial charge in [0.15, 0.2) is 0 Å². The van der Waals surface area contributed by atoms with Gasteiger partial charge >= 0.3 is 0 Å². The lowest BCUT2D eigenvalue weighted by atomic mass is 10.1. The third-order valence-electron chi connectivity index (χ3n) is 6.64. The second-order valence-electron chi connectivity index (χ2n) is 9.42. The number of phenols is 1. The van der Waals surface area contributed by atoms with Gasteiger partial charge in [-0.15, -0.1) is 0 Å². The molecule has 0 saturated heterocycles. The predicted molar refractivity (Wildman–Crippen MR) is 148 cm³/mol. The highest BCUT2D eigenvalue weighted by Crippen LogP contribution is 2.22. The van der Waals surface area contributed by atoms with E-state index in [1.54, 1.807) is 12.1 Å². The fraction of sp³-hybridized carbons (Fsp3) is 0.567. The third kappa shape index (κ3) is 11.2. The van der Waals surface area contributed by atoms with Crippen LogP contribution in [0.25, 0.3) is 0 Å². The standard InChI is InChI=1S/C30H46N2O5/c1-3-32(4-2)30(36)25-14-12-24(13-15-25)11-7-10-20-37-19-9-6-5-8-18-31-22-29(35)26-16-17-28(34)27(21-26)23-33/h12-17,21,29,31,33-35H,3-11,18-20,22-23H2,1-2H3. The quantitative estimate of drug-likeness (QED) is 0.205. The van der Waals surface area contributed by atoms with Crippen molar-refractivity contribution in [1.29, 1.82) is 0 Å². The van der Waals surface area contributed by atoms with E-state index in [4.69, 9.17) is 4.74 Å². The first kappa shape index (κ1) is 30.8. The molecule has 2 rings (SSSR count). The fourth-order valence-corrected chi connectivity index (χ4v) is 4.25. The minimum Gasteiger partial charge on any atom is -0.508 e. The van der Waals surface area contributed by atoms with Gasteiger partial charge in [0.2, 0.25) is 0 Å². The summed E-state index contributed by atoms with van der Waals surface area (Å²) in [4.78, 5) is 14.2. The molecule has 1 atom stereocenters. The SMILES string of the molecule is CCN(CC)C(=O)c1ccc(CCCCOCCCCCCNCC(O)c2ccc(O)c(CO)c2)cc1. The molecule has 0 aliphatic heterocycles. The Labute approximate surface area is 222 Å². The number of amides is 1. The Hall–Kier alpha value is -2.45. The number of carbonyl (C=O) groups excluding carboxylic acids is 1. The molecule has 1 amide bonds. The van der Waals surface area contributed by atoms with Crippen LogP contribution in [0.15, 0.2) is 42.5 Å². The molecule has 7 nitrogen and oxygen atoms in total. The van der Waals surface area contributed by atoms with E-state index in [2.05, 4.69) is 17.4 Å². The van der Waals surface area contributed by atoms with Crippen molar-refractivity contribution in [1.82, 2.24) is 10.2 Å². The molecule has 0 aliphatic carbocycles.